The van der Waals surface area contributed by atoms with Crippen molar-refractivity contribution in [1.82, 2.24) is 0 Å². The van der Waals surface area contributed by atoms with Crippen molar-refractivity contribution in [1.29, 1.82) is 0 Å². The quantitative estimate of drug-likeness (QED) is 0.213. The lowest BCUT2D eigenvalue weighted by atomic mass is 9.77. The van der Waals surface area contributed by atoms with Gasteiger partial charge < -0.3 is 18.9 Å². The zero-order valence-electron chi connectivity index (χ0n) is 21.6. The summed E-state index contributed by atoms with van der Waals surface area (Å²) < 4.78 is 23.0. The first-order valence-corrected chi connectivity index (χ1v) is 13.2. The number of carbonyl (C=O) groups is 1. The predicted octanol–water partition coefficient (Wildman–Crippen LogP) is 7.35. The van der Waals surface area contributed by atoms with Crippen LogP contribution in [0, 0.1) is 5.92 Å². The lowest BCUT2D eigenvalue weighted by Crippen LogP contribution is -2.31. The number of esters is 1. The average molecular weight is 481 g/mol. The Morgan fingerprint density at radius 2 is 1.51 bits per heavy atom. The number of hydrogen-bond acceptors (Lipinski definition) is 5. The molecule has 2 aliphatic rings. The fraction of sp³-hybridized carbons (Fsp3) is 0.567. The van der Waals surface area contributed by atoms with E-state index in [0.29, 0.717) is 11.7 Å². The summed E-state index contributed by atoms with van der Waals surface area (Å²) in [6, 6.07) is 15.5. The second-order valence-electron chi connectivity index (χ2n) is 10.5. The molecule has 5 nitrogen and oxygen atoms in total. The Morgan fingerprint density at radius 1 is 0.886 bits per heavy atom. The standard InChI is InChI=1S/C30H40O5/c1-5-6-7-8-21-9-11-22(12-10-21)23-13-19-26(20-14-23)33-29(31)28-27(34-30(2,3)35-28)24-15-17-25(32-4)18-16-24/h13-22,27-28H,5-12H2,1-4H3/t21?,22?,27?,28-/m0/s1. The van der Waals surface area contributed by atoms with Gasteiger partial charge in [0.2, 0.25) is 0 Å². The molecule has 190 valence electrons. The summed E-state index contributed by atoms with van der Waals surface area (Å²) >= 11 is 0. The second-order valence-corrected chi connectivity index (χ2v) is 10.5. The van der Waals surface area contributed by atoms with Gasteiger partial charge >= 0.3 is 5.97 Å². The monoisotopic (exact) mass is 480 g/mol. The number of benzene rings is 2. The van der Waals surface area contributed by atoms with Gasteiger partial charge in [0, 0.05) is 0 Å². The van der Waals surface area contributed by atoms with Crippen molar-refractivity contribution >= 4 is 5.97 Å². The van der Waals surface area contributed by atoms with Crippen molar-refractivity contribution in [3.05, 3.63) is 59.7 Å². The van der Waals surface area contributed by atoms with E-state index in [1.54, 1.807) is 7.11 Å². The van der Waals surface area contributed by atoms with Crippen molar-refractivity contribution in [2.75, 3.05) is 7.11 Å². The van der Waals surface area contributed by atoms with E-state index in [0.717, 1.165) is 17.2 Å². The highest BCUT2D eigenvalue weighted by Gasteiger charge is 2.47. The molecule has 2 fully saturated rings. The van der Waals surface area contributed by atoms with Crippen LogP contribution in [0.2, 0.25) is 0 Å². The minimum Gasteiger partial charge on any atom is -0.497 e. The molecule has 2 aromatic rings. The topological polar surface area (TPSA) is 54.0 Å². The third-order valence-corrected chi connectivity index (χ3v) is 7.41. The Bertz CT molecular complexity index is 942. The van der Waals surface area contributed by atoms with Crippen LogP contribution >= 0.6 is 0 Å². The molecule has 0 radical (unpaired) electrons. The van der Waals surface area contributed by atoms with Crippen molar-refractivity contribution in [3.63, 3.8) is 0 Å². The highest BCUT2D eigenvalue weighted by molar-refractivity contribution is 5.78. The Balaban J connectivity index is 1.35. The Morgan fingerprint density at radius 3 is 2.14 bits per heavy atom. The van der Waals surface area contributed by atoms with E-state index in [9.17, 15) is 4.79 Å². The minimum absolute atomic E-state index is 0.447. The SMILES string of the molecule is CCCCCC1CCC(c2ccc(OC(=O)[C@H]3OC(C)(C)OC3c3ccc(OC)cc3)cc2)CC1. The summed E-state index contributed by atoms with van der Waals surface area (Å²) in [5, 5.41) is 0. The maximum absolute atomic E-state index is 13.1. The molecule has 0 amide bonds. The summed E-state index contributed by atoms with van der Waals surface area (Å²) in [5.41, 5.74) is 2.19. The fourth-order valence-electron chi connectivity index (χ4n) is 5.42. The average Bonchev–Trinajstić information content (AvgIpc) is 3.21. The van der Waals surface area contributed by atoms with Gasteiger partial charge in [-0.15, -0.1) is 0 Å². The number of methoxy groups -OCH3 is 1. The van der Waals surface area contributed by atoms with Crippen molar-refractivity contribution in [2.24, 2.45) is 5.92 Å². The van der Waals surface area contributed by atoms with Crippen molar-refractivity contribution in [2.45, 2.75) is 96.1 Å². The summed E-state index contributed by atoms with van der Waals surface area (Å²) in [5.74, 6) is 1.46. The van der Waals surface area contributed by atoms with Crippen LogP contribution in [0.3, 0.4) is 0 Å². The molecule has 1 heterocycles. The first-order valence-electron chi connectivity index (χ1n) is 13.2. The normalized spacial score (nSPS) is 25.8. The number of ether oxygens (including phenoxy) is 4. The van der Waals surface area contributed by atoms with Crippen LogP contribution in [0.15, 0.2) is 48.5 Å². The molecule has 5 heteroatoms. The van der Waals surface area contributed by atoms with Crippen LogP contribution in [0.4, 0.5) is 0 Å². The summed E-state index contributed by atoms with van der Waals surface area (Å²) in [6.45, 7) is 5.89. The van der Waals surface area contributed by atoms with Crippen molar-refractivity contribution in [3.8, 4) is 11.5 Å². The predicted molar refractivity (Wildman–Crippen MR) is 137 cm³/mol. The van der Waals surface area contributed by atoms with Gasteiger partial charge in [-0.1, -0.05) is 56.9 Å². The minimum atomic E-state index is -0.881. The molecule has 0 N–H and O–H groups in total. The molecule has 0 bridgehead atoms. The van der Waals surface area contributed by atoms with Gasteiger partial charge in [-0.2, -0.15) is 0 Å². The third kappa shape index (κ3) is 6.65. The molecule has 0 aromatic heterocycles. The van der Waals surface area contributed by atoms with Gasteiger partial charge in [-0.05, 0) is 86.8 Å². The number of rotatable bonds is 9. The fourth-order valence-corrected chi connectivity index (χ4v) is 5.42. The van der Waals surface area contributed by atoms with E-state index in [4.69, 9.17) is 18.9 Å². The largest absolute Gasteiger partial charge is 0.497 e. The molecule has 1 aliphatic heterocycles. The van der Waals surface area contributed by atoms with Crippen LogP contribution in [-0.2, 0) is 14.3 Å². The summed E-state index contributed by atoms with van der Waals surface area (Å²) in [7, 11) is 1.62. The molecule has 1 unspecified atom stereocenters. The Labute approximate surface area is 210 Å². The van der Waals surface area contributed by atoms with Gasteiger partial charge in [-0.3, -0.25) is 0 Å². The number of hydrogen-bond donors (Lipinski definition) is 0. The summed E-state index contributed by atoms with van der Waals surface area (Å²) in [4.78, 5) is 13.1. The third-order valence-electron chi connectivity index (χ3n) is 7.41. The van der Waals surface area contributed by atoms with Crippen molar-refractivity contribution < 1.29 is 23.7 Å². The lowest BCUT2D eigenvalue weighted by molar-refractivity contribution is -0.164. The maximum Gasteiger partial charge on any atom is 0.343 e. The van der Waals surface area contributed by atoms with Gasteiger partial charge in [0.25, 0.3) is 0 Å². The Kier molecular flexibility index (Phi) is 8.51. The molecule has 1 aliphatic carbocycles. The zero-order chi connectivity index (χ0) is 24.8. The van der Waals surface area contributed by atoms with E-state index in [2.05, 4.69) is 19.1 Å². The second kappa shape index (κ2) is 11.6. The van der Waals surface area contributed by atoms with Gasteiger partial charge in [0.1, 0.15) is 17.6 Å². The molecular formula is C30H40O5. The van der Waals surface area contributed by atoms with Crippen LogP contribution in [-0.4, -0.2) is 25.0 Å². The maximum atomic E-state index is 13.1. The van der Waals surface area contributed by atoms with E-state index >= 15 is 0 Å². The van der Waals surface area contributed by atoms with E-state index in [1.165, 1.54) is 56.9 Å². The highest BCUT2D eigenvalue weighted by Crippen LogP contribution is 2.40. The summed E-state index contributed by atoms with van der Waals surface area (Å²) in [6.07, 6.45) is 9.18. The van der Waals surface area contributed by atoms with Gasteiger partial charge in [-0.25, -0.2) is 4.79 Å². The molecule has 1 saturated carbocycles. The van der Waals surface area contributed by atoms with Crippen LogP contribution in [0.1, 0.15) is 95.3 Å². The van der Waals surface area contributed by atoms with Crippen LogP contribution in [0.25, 0.3) is 0 Å². The number of carbonyl (C=O) groups excluding carboxylic acids is 1. The van der Waals surface area contributed by atoms with E-state index in [-0.39, 0.29) is 0 Å². The van der Waals surface area contributed by atoms with E-state index in [1.807, 2.05) is 50.2 Å². The highest BCUT2D eigenvalue weighted by atomic mass is 16.8. The van der Waals surface area contributed by atoms with Crippen LogP contribution < -0.4 is 9.47 Å². The zero-order valence-corrected chi connectivity index (χ0v) is 21.6. The first-order chi connectivity index (χ1) is 16.9. The number of unbranched alkanes of at least 4 members (excludes halogenated alkanes) is 2. The first kappa shape index (κ1) is 25.7. The molecular weight excluding hydrogens is 440 g/mol. The molecule has 2 atom stereocenters. The van der Waals surface area contributed by atoms with Gasteiger partial charge in [0.05, 0.1) is 7.11 Å². The lowest BCUT2D eigenvalue weighted by Gasteiger charge is -2.29. The molecule has 35 heavy (non-hydrogen) atoms. The Hall–Kier alpha value is -2.37. The smallest absolute Gasteiger partial charge is 0.343 e. The van der Waals surface area contributed by atoms with E-state index < -0.39 is 24.0 Å². The molecule has 4 rings (SSSR count). The van der Waals surface area contributed by atoms with Gasteiger partial charge in [0.15, 0.2) is 11.9 Å². The molecule has 2 aromatic carbocycles. The van der Waals surface area contributed by atoms with Crippen LogP contribution in [0.5, 0.6) is 11.5 Å². The molecule has 1 saturated heterocycles. The molecule has 0 spiro atoms.